The monoisotopic (exact) mass is 373 g/mol. The smallest absolute Gasteiger partial charge is 0.339 e. The second-order valence-corrected chi connectivity index (χ2v) is 6.82. The molecule has 1 aromatic carbocycles. The van der Waals surface area contributed by atoms with Crippen molar-refractivity contribution in [1.82, 2.24) is 14.9 Å². The van der Waals surface area contributed by atoms with E-state index >= 15 is 0 Å². The average Bonchev–Trinajstić information content (AvgIpc) is 2.68. The second-order valence-electron chi connectivity index (χ2n) is 6.05. The molecule has 1 N–H and O–H groups in total. The number of hydrogen-bond acceptors (Lipinski definition) is 8. The van der Waals surface area contributed by atoms with Crippen LogP contribution in [0, 0.1) is 0 Å². The number of ether oxygens (including phenoxy) is 1. The van der Waals surface area contributed by atoms with Crippen molar-refractivity contribution in [3.63, 3.8) is 0 Å². The lowest BCUT2D eigenvalue weighted by atomic mass is 10.2. The molecule has 1 aliphatic heterocycles. The number of hydrogen-bond donors (Lipinski definition) is 1. The number of carbonyl (C=O) groups excluding carboxylic acids is 1. The molecule has 3 rings (SSSR count). The van der Waals surface area contributed by atoms with Crippen LogP contribution in [0.4, 0.5) is 17.3 Å². The van der Waals surface area contributed by atoms with Crippen molar-refractivity contribution in [3.05, 3.63) is 35.9 Å². The third kappa shape index (κ3) is 4.25. The van der Waals surface area contributed by atoms with Gasteiger partial charge in [0.15, 0.2) is 5.16 Å². The molecule has 26 heavy (non-hydrogen) atoms. The molecule has 2 aromatic rings. The molecule has 8 heteroatoms. The zero-order valence-electron chi connectivity index (χ0n) is 15.2. The fourth-order valence-electron chi connectivity index (χ4n) is 2.78. The number of methoxy groups -OCH3 is 1. The van der Waals surface area contributed by atoms with Gasteiger partial charge in [-0.15, -0.1) is 0 Å². The first kappa shape index (κ1) is 18.5. The number of carbonyl (C=O) groups is 1. The molecular weight excluding hydrogens is 350 g/mol. The minimum atomic E-state index is -0.383. The van der Waals surface area contributed by atoms with E-state index in [1.807, 2.05) is 24.5 Å². The number of anilines is 3. The number of nitrogens with one attached hydrogen (secondary N) is 1. The summed E-state index contributed by atoms with van der Waals surface area (Å²) in [4.78, 5) is 25.7. The van der Waals surface area contributed by atoms with Crippen LogP contribution < -0.4 is 10.2 Å². The minimum absolute atomic E-state index is 0.383. The Bertz CT molecular complexity index is 778. The summed E-state index contributed by atoms with van der Waals surface area (Å²) in [5, 5.41) is 3.94. The summed E-state index contributed by atoms with van der Waals surface area (Å²) >= 11 is 1.50. The Kier molecular flexibility index (Phi) is 5.95. The van der Waals surface area contributed by atoms with Crippen LogP contribution in [-0.4, -0.2) is 67.4 Å². The van der Waals surface area contributed by atoms with Gasteiger partial charge in [-0.1, -0.05) is 23.9 Å². The van der Waals surface area contributed by atoms with Gasteiger partial charge >= 0.3 is 5.97 Å². The zero-order valence-corrected chi connectivity index (χ0v) is 16.0. The number of esters is 1. The number of benzene rings is 1. The molecule has 7 nitrogen and oxygen atoms in total. The number of thioether (sulfide) groups is 1. The first-order chi connectivity index (χ1) is 12.6. The normalized spacial score (nSPS) is 15.0. The van der Waals surface area contributed by atoms with E-state index in [2.05, 4.69) is 32.1 Å². The number of rotatable bonds is 5. The molecule has 1 saturated heterocycles. The lowest BCUT2D eigenvalue weighted by molar-refractivity contribution is 0.0602. The third-order valence-electron chi connectivity index (χ3n) is 4.30. The Labute approximate surface area is 157 Å². The van der Waals surface area contributed by atoms with Gasteiger partial charge in [0.05, 0.1) is 18.4 Å². The maximum absolute atomic E-state index is 12.0. The van der Waals surface area contributed by atoms with E-state index < -0.39 is 0 Å². The molecule has 0 atom stereocenters. The number of aromatic nitrogens is 2. The molecule has 0 bridgehead atoms. The van der Waals surface area contributed by atoms with E-state index in [4.69, 9.17) is 4.74 Å². The van der Waals surface area contributed by atoms with Gasteiger partial charge in [-0.25, -0.2) is 14.8 Å². The van der Waals surface area contributed by atoms with Crippen molar-refractivity contribution in [1.29, 1.82) is 0 Å². The minimum Gasteiger partial charge on any atom is -0.465 e. The van der Waals surface area contributed by atoms with Gasteiger partial charge in [0.2, 0.25) is 0 Å². The Morgan fingerprint density at radius 2 is 1.92 bits per heavy atom. The van der Waals surface area contributed by atoms with E-state index in [1.165, 1.54) is 18.9 Å². The van der Waals surface area contributed by atoms with Gasteiger partial charge in [0.1, 0.15) is 11.6 Å². The summed E-state index contributed by atoms with van der Waals surface area (Å²) in [6.45, 7) is 3.87. The van der Waals surface area contributed by atoms with E-state index in [9.17, 15) is 4.79 Å². The molecular formula is C18H23N5O2S. The summed E-state index contributed by atoms with van der Waals surface area (Å²) < 4.78 is 4.86. The van der Waals surface area contributed by atoms with E-state index in [0.717, 1.165) is 32.0 Å². The van der Waals surface area contributed by atoms with Crippen LogP contribution in [0.3, 0.4) is 0 Å². The molecule has 0 spiro atoms. The van der Waals surface area contributed by atoms with E-state index in [1.54, 1.807) is 12.1 Å². The summed E-state index contributed by atoms with van der Waals surface area (Å²) in [6.07, 6.45) is 1.95. The lowest BCUT2D eigenvalue weighted by Crippen LogP contribution is -2.44. The van der Waals surface area contributed by atoms with Crippen LogP contribution in [0.5, 0.6) is 0 Å². The van der Waals surface area contributed by atoms with Crippen LogP contribution in [0.15, 0.2) is 35.5 Å². The van der Waals surface area contributed by atoms with Crippen molar-refractivity contribution in [2.45, 2.75) is 5.16 Å². The molecule has 0 unspecified atom stereocenters. The fraction of sp³-hybridized carbons (Fsp3) is 0.389. The fourth-order valence-corrected chi connectivity index (χ4v) is 3.16. The molecule has 1 fully saturated rings. The number of para-hydroxylation sites is 1. The third-order valence-corrected chi connectivity index (χ3v) is 4.84. The topological polar surface area (TPSA) is 70.6 Å². The van der Waals surface area contributed by atoms with Gasteiger partial charge in [-0.05, 0) is 25.4 Å². The van der Waals surface area contributed by atoms with E-state index in [-0.39, 0.29) is 5.97 Å². The van der Waals surface area contributed by atoms with Crippen LogP contribution >= 0.6 is 11.8 Å². The number of nitrogens with zero attached hydrogens (tertiary/aromatic N) is 4. The Morgan fingerprint density at radius 1 is 1.19 bits per heavy atom. The quantitative estimate of drug-likeness (QED) is 0.487. The van der Waals surface area contributed by atoms with Gasteiger partial charge < -0.3 is 19.9 Å². The SMILES string of the molecule is COC(=O)c1ccccc1Nc1cc(N2CCN(C)CC2)nc(SC)n1. The van der Waals surface area contributed by atoms with Crippen LogP contribution in [-0.2, 0) is 4.74 Å². The second kappa shape index (κ2) is 8.37. The maximum Gasteiger partial charge on any atom is 0.339 e. The van der Waals surface area contributed by atoms with Gasteiger partial charge in [0.25, 0.3) is 0 Å². The summed E-state index contributed by atoms with van der Waals surface area (Å²) in [7, 11) is 3.50. The van der Waals surface area contributed by atoms with Crippen molar-refractivity contribution < 1.29 is 9.53 Å². The molecule has 0 aliphatic carbocycles. The van der Waals surface area contributed by atoms with Crippen molar-refractivity contribution >= 4 is 35.1 Å². The molecule has 1 aromatic heterocycles. The summed E-state index contributed by atoms with van der Waals surface area (Å²) in [5.41, 5.74) is 1.13. The first-order valence-corrected chi connectivity index (χ1v) is 9.64. The van der Waals surface area contributed by atoms with Crippen molar-refractivity contribution in [2.75, 3.05) is 56.8 Å². The van der Waals surface area contributed by atoms with E-state index in [0.29, 0.717) is 22.2 Å². The molecule has 0 saturated carbocycles. The Morgan fingerprint density at radius 3 is 2.62 bits per heavy atom. The molecule has 0 amide bonds. The molecule has 138 valence electrons. The standard InChI is InChI=1S/C18H23N5O2S/c1-22-8-10-23(11-9-22)16-12-15(20-18(21-16)26-3)19-14-7-5-4-6-13(14)17(24)25-2/h4-7,12H,8-11H2,1-3H3,(H,19,20,21). The van der Waals surface area contributed by atoms with Crippen LogP contribution in [0.25, 0.3) is 0 Å². The predicted octanol–water partition coefficient (Wildman–Crippen LogP) is 2.48. The molecule has 2 heterocycles. The van der Waals surface area contributed by atoms with Crippen LogP contribution in [0.2, 0.25) is 0 Å². The highest BCUT2D eigenvalue weighted by Gasteiger charge is 2.18. The highest BCUT2D eigenvalue weighted by molar-refractivity contribution is 7.98. The number of likely N-dealkylation sites (N-methyl/N-ethyl adjacent to an activating group) is 1. The summed E-state index contributed by atoms with van der Waals surface area (Å²) in [5.74, 6) is 1.18. The predicted molar refractivity (Wildman–Crippen MR) is 105 cm³/mol. The Balaban J connectivity index is 1.89. The first-order valence-electron chi connectivity index (χ1n) is 8.41. The molecule has 1 aliphatic rings. The average molecular weight is 373 g/mol. The highest BCUT2D eigenvalue weighted by atomic mass is 32.2. The van der Waals surface area contributed by atoms with Crippen molar-refractivity contribution in [2.24, 2.45) is 0 Å². The van der Waals surface area contributed by atoms with Crippen LogP contribution in [0.1, 0.15) is 10.4 Å². The largest absolute Gasteiger partial charge is 0.465 e. The summed E-state index contributed by atoms with van der Waals surface area (Å²) in [6, 6.07) is 9.17. The lowest BCUT2D eigenvalue weighted by Gasteiger charge is -2.33. The van der Waals surface area contributed by atoms with Gasteiger partial charge in [-0.2, -0.15) is 0 Å². The van der Waals surface area contributed by atoms with Gasteiger partial charge in [0, 0.05) is 32.2 Å². The van der Waals surface area contributed by atoms with Crippen molar-refractivity contribution in [3.8, 4) is 0 Å². The zero-order chi connectivity index (χ0) is 18.5. The highest BCUT2D eigenvalue weighted by Crippen LogP contribution is 2.25. The molecule has 0 radical (unpaired) electrons. The Hall–Kier alpha value is -2.32. The number of piperazine rings is 1. The maximum atomic E-state index is 12.0. The van der Waals surface area contributed by atoms with Gasteiger partial charge in [-0.3, -0.25) is 0 Å².